The zero-order valence-corrected chi connectivity index (χ0v) is 16.0. The highest BCUT2D eigenvalue weighted by molar-refractivity contribution is 6.35. The predicted molar refractivity (Wildman–Crippen MR) is 107 cm³/mol. The van der Waals surface area contributed by atoms with Gasteiger partial charge < -0.3 is 20.2 Å². The monoisotopic (exact) mass is 418 g/mol. The third-order valence-electron chi connectivity index (χ3n) is 3.86. The number of benzene rings is 2. The molecule has 3 aromatic rings. The maximum Gasteiger partial charge on any atom is 0.255 e. The number of hydrogen-bond donors (Lipinski definition) is 3. The Morgan fingerprint density at radius 1 is 0.964 bits per heavy atom. The second-order valence-corrected chi connectivity index (χ2v) is 6.80. The maximum atomic E-state index is 12.3. The largest absolute Gasteiger partial charge is 0.467 e. The molecule has 0 fully saturated rings. The molecule has 0 saturated heterocycles. The number of amides is 2. The van der Waals surface area contributed by atoms with Gasteiger partial charge in [0.15, 0.2) is 0 Å². The molecule has 0 bridgehead atoms. The van der Waals surface area contributed by atoms with E-state index in [1.54, 1.807) is 36.4 Å². The van der Waals surface area contributed by atoms with Gasteiger partial charge in [-0.2, -0.15) is 0 Å². The maximum absolute atomic E-state index is 12.3. The number of furan rings is 1. The van der Waals surface area contributed by atoms with E-state index in [2.05, 4.69) is 10.6 Å². The van der Waals surface area contributed by atoms with Crippen LogP contribution in [0.1, 0.15) is 32.6 Å². The fraction of sp³-hybridized carbons (Fsp3) is 0.100. The number of aliphatic hydroxyl groups excluding tert-OH is 1. The number of hydrogen-bond acceptors (Lipinski definition) is 4. The van der Waals surface area contributed by atoms with Crippen molar-refractivity contribution < 1.29 is 19.1 Å². The Morgan fingerprint density at radius 3 is 2.25 bits per heavy atom. The summed E-state index contributed by atoms with van der Waals surface area (Å²) in [5.41, 5.74) is 1.22. The normalized spacial score (nSPS) is 11.7. The van der Waals surface area contributed by atoms with Gasteiger partial charge in [-0.15, -0.1) is 0 Å². The van der Waals surface area contributed by atoms with Gasteiger partial charge in [-0.3, -0.25) is 9.59 Å². The average Bonchev–Trinajstić information content (AvgIpc) is 3.20. The van der Waals surface area contributed by atoms with Crippen LogP contribution in [0.2, 0.25) is 10.0 Å². The SMILES string of the molecule is O=C(NCC(O)c1ccco1)c1ccc(NC(=O)c2cc(Cl)cc(Cl)c2)cc1. The summed E-state index contributed by atoms with van der Waals surface area (Å²) in [6.45, 7) is 0.0142. The lowest BCUT2D eigenvalue weighted by Gasteiger charge is -2.10. The molecule has 0 aliphatic carbocycles. The molecule has 1 aromatic heterocycles. The number of carbonyl (C=O) groups excluding carboxylic acids is 2. The molecule has 3 N–H and O–H groups in total. The number of aliphatic hydroxyl groups is 1. The van der Waals surface area contributed by atoms with Crippen molar-refractivity contribution in [1.82, 2.24) is 5.32 Å². The molecule has 0 saturated carbocycles. The lowest BCUT2D eigenvalue weighted by atomic mass is 10.1. The van der Waals surface area contributed by atoms with E-state index in [1.807, 2.05) is 0 Å². The fourth-order valence-corrected chi connectivity index (χ4v) is 2.99. The van der Waals surface area contributed by atoms with Crippen LogP contribution in [0.15, 0.2) is 65.3 Å². The molecule has 2 amide bonds. The second kappa shape index (κ2) is 8.93. The molecule has 1 unspecified atom stereocenters. The first-order chi connectivity index (χ1) is 13.4. The molecular formula is C20H16Cl2N2O4. The van der Waals surface area contributed by atoms with Crippen molar-refractivity contribution in [2.75, 3.05) is 11.9 Å². The summed E-state index contributed by atoms with van der Waals surface area (Å²) in [6.07, 6.45) is 0.520. The van der Waals surface area contributed by atoms with Crippen molar-refractivity contribution in [3.63, 3.8) is 0 Å². The third kappa shape index (κ3) is 5.13. The van der Waals surface area contributed by atoms with Gasteiger partial charge in [0.25, 0.3) is 11.8 Å². The van der Waals surface area contributed by atoms with Crippen LogP contribution in [0.4, 0.5) is 5.69 Å². The van der Waals surface area contributed by atoms with Gasteiger partial charge >= 0.3 is 0 Å². The third-order valence-corrected chi connectivity index (χ3v) is 4.29. The van der Waals surface area contributed by atoms with Crippen molar-refractivity contribution in [3.05, 3.63) is 87.8 Å². The van der Waals surface area contributed by atoms with Crippen LogP contribution >= 0.6 is 23.2 Å². The van der Waals surface area contributed by atoms with Crippen molar-refractivity contribution in [2.45, 2.75) is 6.10 Å². The number of anilines is 1. The summed E-state index contributed by atoms with van der Waals surface area (Å²) in [7, 11) is 0. The molecule has 0 spiro atoms. The van der Waals surface area contributed by atoms with Gasteiger partial charge in [0, 0.05) is 26.9 Å². The van der Waals surface area contributed by atoms with Crippen LogP contribution in [0.3, 0.4) is 0 Å². The molecule has 0 aliphatic heterocycles. The Morgan fingerprint density at radius 2 is 1.64 bits per heavy atom. The Labute approximate surface area is 171 Å². The quantitative estimate of drug-likeness (QED) is 0.556. The van der Waals surface area contributed by atoms with Crippen LogP contribution in [0, 0.1) is 0 Å². The van der Waals surface area contributed by atoms with E-state index >= 15 is 0 Å². The minimum Gasteiger partial charge on any atom is -0.467 e. The van der Waals surface area contributed by atoms with Gasteiger partial charge in [0.05, 0.1) is 12.8 Å². The standard InChI is InChI=1S/C20H16Cl2N2O4/c21-14-8-13(9-15(22)10-14)20(27)24-16-5-3-12(4-6-16)19(26)23-11-17(25)18-2-1-7-28-18/h1-10,17,25H,11H2,(H,23,26)(H,24,27). The molecule has 0 aliphatic rings. The van der Waals surface area contributed by atoms with Crippen molar-refractivity contribution in [3.8, 4) is 0 Å². The lowest BCUT2D eigenvalue weighted by molar-refractivity contribution is 0.0901. The Hall–Kier alpha value is -2.80. The summed E-state index contributed by atoms with van der Waals surface area (Å²) >= 11 is 11.8. The van der Waals surface area contributed by atoms with Crippen LogP contribution in [0.5, 0.6) is 0 Å². The summed E-state index contributed by atoms with van der Waals surface area (Å²) in [6, 6.07) is 14.2. The molecule has 144 valence electrons. The van der Waals surface area contributed by atoms with Gasteiger partial charge in [-0.1, -0.05) is 23.2 Å². The van der Waals surface area contributed by atoms with E-state index in [0.717, 1.165) is 0 Å². The van der Waals surface area contributed by atoms with Crippen molar-refractivity contribution in [2.24, 2.45) is 0 Å². The first-order valence-electron chi connectivity index (χ1n) is 8.29. The van der Waals surface area contributed by atoms with Crippen LogP contribution in [-0.4, -0.2) is 23.5 Å². The molecule has 1 atom stereocenters. The minimum absolute atomic E-state index is 0.0142. The molecule has 6 nitrogen and oxygen atoms in total. The van der Waals surface area contributed by atoms with E-state index in [1.165, 1.54) is 24.5 Å². The molecule has 2 aromatic carbocycles. The van der Waals surface area contributed by atoms with Gasteiger partial charge in [0.2, 0.25) is 0 Å². The molecule has 0 radical (unpaired) electrons. The van der Waals surface area contributed by atoms with E-state index in [0.29, 0.717) is 32.6 Å². The zero-order valence-electron chi connectivity index (χ0n) is 14.5. The average molecular weight is 419 g/mol. The van der Waals surface area contributed by atoms with E-state index in [-0.39, 0.29) is 18.4 Å². The van der Waals surface area contributed by atoms with E-state index in [4.69, 9.17) is 27.6 Å². The number of halogens is 2. The topological polar surface area (TPSA) is 91.6 Å². The van der Waals surface area contributed by atoms with E-state index < -0.39 is 6.10 Å². The highest BCUT2D eigenvalue weighted by atomic mass is 35.5. The van der Waals surface area contributed by atoms with Crippen LogP contribution in [-0.2, 0) is 0 Å². The summed E-state index contributed by atoms with van der Waals surface area (Å²) in [5.74, 6) is -0.354. The highest BCUT2D eigenvalue weighted by Crippen LogP contribution is 2.20. The second-order valence-electron chi connectivity index (χ2n) is 5.93. The molecule has 3 rings (SSSR count). The van der Waals surface area contributed by atoms with Crippen LogP contribution < -0.4 is 10.6 Å². The molecule has 8 heteroatoms. The molecule has 28 heavy (non-hydrogen) atoms. The zero-order chi connectivity index (χ0) is 20.1. The van der Waals surface area contributed by atoms with Gasteiger partial charge in [0.1, 0.15) is 11.9 Å². The smallest absolute Gasteiger partial charge is 0.255 e. The van der Waals surface area contributed by atoms with Crippen molar-refractivity contribution >= 4 is 40.7 Å². The summed E-state index contributed by atoms with van der Waals surface area (Å²) in [4.78, 5) is 24.5. The molecular weight excluding hydrogens is 403 g/mol. The molecule has 1 heterocycles. The number of carbonyl (C=O) groups is 2. The lowest BCUT2D eigenvalue weighted by Crippen LogP contribution is -2.28. The van der Waals surface area contributed by atoms with Crippen molar-refractivity contribution in [1.29, 1.82) is 0 Å². The summed E-state index contributed by atoms with van der Waals surface area (Å²) in [5, 5.41) is 16.0. The minimum atomic E-state index is -0.929. The Bertz CT molecular complexity index is 952. The van der Waals surface area contributed by atoms with E-state index in [9.17, 15) is 14.7 Å². The summed E-state index contributed by atoms with van der Waals surface area (Å²) < 4.78 is 5.08. The first-order valence-corrected chi connectivity index (χ1v) is 9.05. The Kier molecular flexibility index (Phi) is 6.36. The Balaban J connectivity index is 1.58. The fourth-order valence-electron chi connectivity index (χ4n) is 2.47. The van der Waals surface area contributed by atoms with Crippen LogP contribution in [0.25, 0.3) is 0 Å². The van der Waals surface area contributed by atoms with Gasteiger partial charge in [-0.05, 0) is 54.6 Å². The highest BCUT2D eigenvalue weighted by Gasteiger charge is 2.13. The van der Waals surface area contributed by atoms with Gasteiger partial charge in [-0.25, -0.2) is 0 Å². The first kappa shape index (κ1) is 19.9. The predicted octanol–water partition coefficient (Wildman–Crippen LogP) is 4.30. The number of nitrogens with one attached hydrogen (secondary N) is 2. The number of rotatable bonds is 6.